The number of aromatic nitrogens is 1. The number of anilines is 2. The van der Waals surface area contributed by atoms with Gasteiger partial charge in [0.05, 0.1) is 5.25 Å². The molecule has 0 aliphatic carbocycles. The molecule has 126 valence electrons. The number of aromatic amines is 1. The molecular formula is C18H18N5OS+. The van der Waals surface area contributed by atoms with E-state index in [2.05, 4.69) is 10.3 Å². The second-order valence-corrected chi connectivity index (χ2v) is 6.98. The van der Waals surface area contributed by atoms with Gasteiger partial charge in [0.2, 0.25) is 5.91 Å². The molecule has 1 aromatic heterocycles. The van der Waals surface area contributed by atoms with E-state index in [-0.39, 0.29) is 22.9 Å². The molecule has 7 heteroatoms. The van der Waals surface area contributed by atoms with Crippen molar-refractivity contribution in [3.63, 3.8) is 0 Å². The molecule has 1 atom stereocenters. The molecule has 0 saturated carbocycles. The lowest BCUT2D eigenvalue weighted by Gasteiger charge is -2.13. The van der Waals surface area contributed by atoms with Crippen LogP contribution in [0.25, 0.3) is 0 Å². The van der Waals surface area contributed by atoms with E-state index in [0.717, 1.165) is 16.8 Å². The van der Waals surface area contributed by atoms with Crippen molar-refractivity contribution < 1.29 is 9.78 Å². The number of H-pyrrole nitrogens is 1. The molecule has 0 aliphatic heterocycles. The number of hydrogen-bond donors (Lipinski definition) is 2. The highest BCUT2D eigenvalue weighted by molar-refractivity contribution is 8.00. The number of carbonyl (C=O) groups excluding carboxylic acids is 1. The predicted octanol–water partition coefficient (Wildman–Crippen LogP) is 2.56. The number of amides is 1. The Bertz CT molecular complexity index is 911. The summed E-state index contributed by atoms with van der Waals surface area (Å²) < 4.78 is 0. The third-order valence-corrected chi connectivity index (χ3v) is 4.74. The number of nitrogens with two attached hydrogens (primary N) is 1. The highest BCUT2D eigenvalue weighted by Gasteiger charge is 2.21. The summed E-state index contributed by atoms with van der Waals surface area (Å²) in [5.74, 6) is -0.0110. The number of aryl methyl sites for hydroxylation is 2. The van der Waals surface area contributed by atoms with Crippen molar-refractivity contribution in [2.75, 3.05) is 11.1 Å². The van der Waals surface area contributed by atoms with Gasteiger partial charge in [0.25, 0.3) is 5.82 Å². The first kappa shape index (κ1) is 18.3. The van der Waals surface area contributed by atoms with Crippen LogP contribution in [0.5, 0.6) is 0 Å². The summed E-state index contributed by atoms with van der Waals surface area (Å²) in [5.41, 5.74) is 9.11. The summed E-state index contributed by atoms with van der Waals surface area (Å²) in [6.07, 6.45) is 0. The van der Waals surface area contributed by atoms with Crippen molar-refractivity contribution in [2.24, 2.45) is 0 Å². The van der Waals surface area contributed by atoms with Crippen LogP contribution in [-0.4, -0.2) is 11.2 Å². The Balaban J connectivity index is 2.18. The van der Waals surface area contributed by atoms with E-state index in [9.17, 15) is 10.1 Å². The van der Waals surface area contributed by atoms with Gasteiger partial charge in [0, 0.05) is 5.69 Å². The Morgan fingerprint density at radius 3 is 2.52 bits per heavy atom. The van der Waals surface area contributed by atoms with Gasteiger partial charge >= 0.3 is 0 Å². The van der Waals surface area contributed by atoms with E-state index in [4.69, 9.17) is 11.0 Å². The van der Waals surface area contributed by atoms with E-state index in [1.165, 1.54) is 17.8 Å². The average molecular weight is 352 g/mol. The molecule has 0 saturated heterocycles. The van der Waals surface area contributed by atoms with Crippen molar-refractivity contribution in [2.45, 2.75) is 31.0 Å². The highest BCUT2D eigenvalue weighted by atomic mass is 32.2. The molecule has 0 spiro atoms. The number of thioether (sulfide) groups is 1. The highest BCUT2D eigenvalue weighted by Crippen LogP contribution is 2.26. The van der Waals surface area contributed by atoms with Gasteiger partial charge in [0.15, 0.2) is 5.03 Å². The molecule has 1 amide bonds. The van der Waals surface area contributed by atoms with Crippen LogP contribution >= 0.6 is 11.8 Å². The quantitative estimate of drug-likeness (QED) is 0.820. The number of hydrogen-bond acceptors (Lipinski definition) is 5. The summed E-state index contributed by atoms with van der Waals surface area (Å²) >= 11 is 1.18. The van der Waals surface area contributed by atoms with Gasteiger partial charge < -0.3 is 5.32 Å². The first-order valence-corrected chi connectivity index (χ1v) is 8.44. The number of nitrogens with zero attached hydrogens (tertiary/aromatic N) is 2. The number of rotatable bonds is 4. The molecule has 1 heterocycles. The van der Waals surface area contributed by atoms with Crippen molar-refractivity contribution >= 4 is 29.2 Å². The smallest absolute Gasteiger partial charge is 0.289 e. The van der Waals surface area contributed by atoms with Crippen LogP contribution in [0.15, 0.2) is 29.3 Å². The zero-order valence-electron chi connectivity index (χ0n) is 14.2. The van der Waals surface area contributed by atoms with Gasteiger partial charge in [0.1, 0.15) is 23.3 Å². The van der Waals surface area contributed by atoms with Crippen LogP contribution in [0, 0.1) is 36.5 Å². The van der Waals surface area contributed by atoms with E-state index in [1.54, 1.807) is 6.92 Å². The zero-order chi connectivity index (χ0) is 18.6. The Morgan fingerprint density at radius 1 is 1.24 bits per heavy atom. The number of benzene rings is 1. The maximum absolute atomic E-state index is 12.4. The molecule has 0 radical (unpaired) electrons. The van der Waals surface area contributed by atoms with E-state index in [1.807, 2.05) is 44.2 Å². The summed E-state index contributed by atoms with van der Waals surface area (Å²) in [7, 11) is 0. The normalized spacial score (nSPS) is 11.2. The van der Waals surface area contributed by atoms with Gasteiger partial charge in [-0.1, -0.05) is 29.5 Å². The minimum absolute atomic E-state index is 0.172. The van der Waals surface area contributed by atoms with Gasteiger partial charge in [-0.3, -0.25) is 10.5 Å². The van der Waals surface area contributed by atoms with E-state index < -0.39 is 5.25 Å². The molecule has 6 nitrogen and oxygen atoms in total. The van der Waals surface area contributed by atoms with Crippen LogP contribution in [0.1, 0.15) is 29.2 Å². The largest absolute Gasteiger partial charge is 0.325 e. The maximum Gasteiger partial charge on any atom is 0.289 e. The Morgan fingerprint density at radius 2 is 1.92 bits per heavy atom. The van der Waals surface area contributed by atoms with E-state index >= 15 is 0 Å². The fraction of sp³-hybridized carbons (Fsp3) is 0.222. The molecule has 0 unspecified atom stereocenters. The first-order chi connectivity index (χ1) is 11.8. The average Bonchev–Trinajstić information content (AvgIpc) is 2.57. The van der Waals surface area contributed by atoms with Crippen molar-refractivity contribution in [1.82, 2.24) is 0 Å². The van der Waals surface area contributed by atoms with Crippen molar-refractivity contribution in [3.8, 4) is 12.1 Å². The minimum atomic E-state index is -0.462. The third kappa shape index (κ3) is 4.28. The standard InChI is InChI=1S/C18H17N5OS/c1-10-4-5-15(11(2)6-10)22-17(24)12(3)25-18-14(9-20)7-13(8-19)16(21)23-18/h4-7,12H,1-3H3,(H2,21,23)(H,22,24)/p+1/t12-/m0/s1. The second kappa shape index (κ2) is 7.69. The third-order valence-electron chi connectivity index (χ3n) is 3.62. The Hall–Kier alpha value is -3.03. The lowest BCUT2D eigenvalue weighted by atomic mass is 10.1. The number of nitrogens with one attached hydrogen (secondary N) is 2. The predicted molar refractivity (Wildman–Crippen MR) is 96.7 cm³/mol. The molecule has 25 heavy (non-hydrogen) atoms. The van der Waals surface area contributed by atoms with Gasteiger partial charge in [-0.05, 0) is 38.5 Å². The lowest BCUT2D eigenvalue weighted by Crippen LogP contribution is -2.25. The Kier molecular flexibility index (Phi) is 5.63. The minimum Gasteiger partial charge on any atom is -0.325 e. The first-order valence-electron chi connectivity index (χ1n) is 7.56. The second-order valence-electron chi connectivity index (χ2n) is 5.63. The van der Waals surface area contributed by atoms with Gasteiger partial charge in [-0.25, -0.2) is 4.98 Å². The lowest BCUT2D eigenvalue weighted by molar-refractivity contribution is -0.410. The molecule has 2 aromatic rings. The zero-order valence-corrected chi connectivity index (χ0v) is 15.0. The summed E-state index contributed by atoms with van der Waals surface area (Å²) in [4.78, 5) is 15.3. The summed E-state index contributed by atoms with van der Waals surface area (Å²) in [5, 5.41) is 21.1. The molecule has 0 bridgehead atoms. The van der Waals surface area contributed by atoms with Crippen molar-refractivity contribution in [3.05, 3.63) is 46.5 Å². The van der Waals surface area contributed by atoms with Gasteiger partial charge in [-0.2, -0.15) is 10.5 Å². The number of nitrogen functional groups attached to an aromatic ring is 1. The monoisotopic (exact) mass is 352 g/mol. The number of nitriles is 2. The van der Waals surface area contributed by atoms with E-state index in [0.29, 0.717) is 5.03 Å². The molecule has 2 rings (SSSR count). The maximum atomic E-state index is 12.4. The molecule has 4 N–H and O–H groups in total. The summed E-state index contributed by atoms with van der Waals surface area (Å²) in [6.45, 7) is 5.67. The molecular weight excluding hydrogens is 334 g/mol. The summed E-state index contributed by atoms with van der Waals surface area (Å²) in [6, 6.07) is 11.2. The fourth-order valence-electron chi connectivity index (χ4n) is 2.23. The number of carbonyl (C=O) groups is 1. The van der Waals surface area contributed by atoms with Crippen LogP contribution in [-0.2, 0) is 4.79 Å². The topological polar surface area (TPSA) is 117 Å². The van der Waals surface area contributed by atoms with Crippen molar-refractivity contribution in [1.29, 1.82) is 10.5 Å². The van der Waals surface area contributed by atoms with Crippen LogP contribution in [0.3, 0.4) is 0 Å². The number of pyridine rings is 1. The van der Waals surface area contributed by atoms with Crippen LogP contribution in [0.2, 0.25) is 0 Å². The molecule has 1 aromatic carbocycles. The SMILES string of the molecule is Cc1ccc(NC(=O)[C@H](C)Sc2[nH+]c(N)c(C#N)cc2C#N)c(C)c1. The Labute approximate surface area is 150 Å². The molecule has 0 fully saturated rings. The fourth-order valence-corrected chi connectivity index (χ4v) is 3.15. The molecule has 0 aliphatic rings. The van der Waals surface area contributed by atoms with Crippen LogP contribution in [0.4, 0.5) is 11.5 Å². The van der Waals surface area contributed by atoms with Gasteiger partial charge in [-0.15, -0.1) is 0 Å². The van der Waals surface area contributed by atoms with Crippen LogP contribution < -0.4 is 16.0 Å².